The van der Waals surface area contributed by atoms with Gasteiger partial charge < -0.3 is 4.90 Å². The van der Waals surface area contributed by atoms with E-state index < -0.39 is 0 Å². The van der Waals surface area contributed by atoms with Crippen LogP contribution >= 0.6 is 0 Å². The number of hydrogen-bond acceptors (Lipinski definition) is 4. The molecule has 1 aromatic carbocycles. The topological polar surface area (TPSA) is 53.5 Å². The van der Waals surface area contributed by atoms with Crippen LogP contribution in [0.15, 0.2) is 54.5 Å². The maximum Gasteiger partial charge on any atom is 0.278 e. The normalized spacial score (nSPS) is 14.4. The summed E-state index contributed by atoms with van der Waals surface area (Å²) in [6.45, 7) is 6.75. The standard InChI is InChI=1S/C22H24FN3O2/c1-4-25(14-11-16-9-12-24-13-10-16)20-19(17-5-7-18(23)8-6-17)21(27)26(15(2)3)22(20)28/h5-10,12-13,15H,4,11,14H2,1-3H3. The number of aromatic nitrogens is 1. The quantitative estimate of drug-likeness (QED) is 0.691. The minimum absolute atomic E-state index is 0.258. The highest BCUT2D eigenvalue weighted by molar-refractivity contribution is 6.35. The smallest absolute Gasteiger partial charge is 0.278 e. The Balaban J connectivity index is 2.00. The molecule has 5 nitrogen and oxygen atoms in total. The third-order valence-electron chi connectivity index (χ3n) is 4.86. The molecule has 28 heavy (non-hydrogen) atoms. The summed E-state index contributed by atoms with van der Waals surface area (Å²) in [6, 6.07) is 9.33. The zero-order valence-corrected chi connectivity index (χ0v) is 16.4. The summed E-state index contributed by atoms with van der Waals surface area (Å²) in [6.07, 6.45) is 4.19. The predicted octanol–water partition coefficient (Wildman–Crippen LogP) is 3.27. The first-order valence-corrected chi connectivity index (χ1v) is 9.46. The van der Waals surface area contributed by atoms with Gasteiger partial charge in [-0.3, -0.25) is 19.5 Å². The van der Waals surface area contributed by atoms with Crippen molar-refractivity contribution in [2.45, 2.75) is 33.2 Å². The number of imide groups is 1. The second kappa shape index (κ2) is 8.33. The van der Waals surface area contributed by atoms with Gasteiger partial charge in [-0.15, -0.1) is 0 Å². The lowest BCUT2D eigenvalue weighted by molar-refractivity contribution is -0.139. The Kier molecular flexibility index (Phi) is 5.87. The van der Waals surface area contributed by atoms with Gasteiger partial charge in [-0.05, 0) is 62.6 Å². The van der Waals surface area contributed by atoms with E-state index in [1.807, 2.05) is 37.8 Å². The Bertz CT molecular complexity index is 892. The van der Waals surface area contributed by atoms with Crippen LogP contribution in [-0.4, -0.2) is 45.7 Å². The lowest BCUT2D eigenvalue weighted by Gasteiger charge is -2.25. The summed E-state index contributed by atoms with van der Waals surface area (Å²) in [5.74, 6) is -1.01. The van der Waals surface area contributed by atoms with Crippen molar-refractivity contribution in [3.63, 3.8) is 0 Å². The molecule has 0 bridgehead atoms. The number of benzene rings is 1. The fraction of sp³-hybridized carbons (Fsp3) is 0.318. The lowest BCUT2D eigenvalue weighted by Crippen LogP contribution is -2.40. The minimum atomic E-state index is -0.381. The van der Waals surface area contributed by atoms with Crippen molar-refractivity contribution in [1.82, 2.24) is 14.8 Å². The largest absolute Gasteiger partial charge is 0.366 e. The summed E-state index contributed by atoms with van der Waals surface area (Å²) in [5, 5.41) is 0. The van der Waals surface area contributed by atoms with E-state index in [-0.39, 0.29) is 23.7 Å². The number of carbonyl (C=O) groups is 2. The Morgan fingerprint density at radius 1 is 1.04 bits per heavy atom. The number of amides is 2. The molecule has 6 heteroatoms. The molecule has 1 aliphatic heterocycles. The molecule has 0 unspecified atom stereocenters. The van der Waals surface area contributed by atoms with Crippen molar-refractivity contribution >= 4 is 17.4 Å². The summed E-state index contributed by atoms with van der Waals surface area (Å²) in [5.41, 5.74) is 2.40. The van der Waals surface area contributed by atoms with Crippen LogP contribution in [0.3, 0.4) is 0 Å². The highest BCUT2D eigenvalue weighted by Crippen LogP contribution is 2.33. The van der Waals surface area contributed by atoms with E-state index >= 15 is 0 Å². The van der Waals surface area contributed by atoms with Gasteiger partial charge in [0.05, 0.1) is 5.57 Å². The molecular weight excluding hydrogens is 357 g/mol. The van der Waals surface area contributed by atoms with Crippen molar-refractivity contribution in [1.29, 1.82) is 0 Å². The first-order valence-electron chi connectivity index (χ1n) is 9.46. The van der Waals surface area contributed by atoms with Crippen LogP contribution in [0.5, 0.6) is 0 Å². The maximum atomic E-state index is 13.4. The second-order valence-corrected chi connectivity index (χ2v) is 6.99. The molecule has 0 spiro atoms. The van der Waals surface area contributed by atoms with Gasteiger partial charge in [0, 0.05) is 31.5 Å². The molecule has 1 aliphatic rings. The molecule has 0 fully saturated rings. The van der Waals surface area contributed by atoms with Crippen LogP contribution in [0.1, 0.15) is 31.9 Å². The van der Waals surface area contributed by atoms with E-state index in [0.29, 0.717) is 29.9 Å². The Morgan fingerprint density at radius 3 is 2.25 bits per heavy atom. The first-order chi connectivity index (χ1) is 13.4. The fourth-order valence-corrected chi connectivity index (χ4v) is 3.42. The lowest BCUT2D eigenvalue weighted by atomic mass is 10.0. The molecule has 2 heterocycles. The van der Waals surface area contributed by atoms with Crippen molar-refractivity contribution in [2.75, 3.05) is 13.1 Å². The number of rotatable bonds is 7. The van der Waals surface area contributed by atoms with E-state index in [0.717, 1.165) is 12.0 Å². The molecule has 1 aromatic heterocycles. The number of carbonyl (C=O) groups excluding carboxylic acids is 2. The molecule has 0 N–H and O–H groups in total. The van der Waals surface area contributed by atoms with Gasteiger partial charge in [0.2, 0.25) is 0 Å². The third-order valence-corrected chi connectivity index (χ3v) is 4.86. The summed E-state index contributed by atoms with van der Waals surface area (Å²) >= 11 is 0. The molecule has 0 atom stereocenters. The molecule has 2 aromatic rings. The second-order valence-electron chi connectivity index (χ2n) is 6.99. The summed E-state index contributed by atoms with van der Waals surface area (Å²) in [7, 11) is 0. The van der Waals surface area contributed by atoms with Gasteiger partial charge >= 0.3 is 0 Å². The molecule has 0 radical (unpaired) electrons. The zero-order valence-electron chi connectivity index (χ0n) is 16.4. The average Bonchev–Trinajstić information content (AvgIpc) is 2.94. The maximum absolute atomic E-state index is 13.4. The van der Waals surface area contributed by atoms with Gasteiger partial charge in [0.25, 0.3) is 11.8 Å². The van der Waals surface area contributed by atoms with Crippen molar-refractivity contribution in [3.8, 4) is 0 Å². The van der Waals surface area contributed by atoms with Gasteiger partial charge in [-0.1, -0.05) is 12.1 Å². The number of likely N-dealkylation sites (N-methyl/N-ethyl adjacent to an activating group) is 1. The highest BCUT2D eigenvalue weighted by atomic mass is 19.1. The number of pyridine rings is 1. The molecule has 0 aliphatic carbocycles. The van der Waals surface area contributed by atoms with E-state index in [2.05, 4.69) is 4.98 Å². The van der Waals surface area contributed by atoms with E-state index in [1.165, 1.54) is 17.0 Å². The minimum Gasteiger partial charge on any atom is -0.366 e. The van der Waals surface area contributed by atoms with Crippen LogP contribution < -0.4 is 0 Å². The first kappa shape index (κ1) is 19.7. The summed E-state index contributed by atoms with van der Waals surface area (Å²) < 4.78 is 13.4. The number of nitrogens with zero attached hydrogens (tertiary/aromatic N) is 3. The molecule has 0 saturated carbocycles. The van der Waals surface area contributed by atoms with Crippen molar-refractivity contribution in [2.24, 2.45) is 0 Å². The van der Waals surface area contributed by atoms with Gasteiger partial charge in [-0.2, -0.15) is 0 Å². The third kappa shape index (κ3) is 3.81. The fourth-order valence-electron chi connectivity index (χ4n) is 3.42. The van der Waals surface area contributed by atoms with E-state index in [9.17, 15) is 14.0 Å². The predicted molar refractivity (Wildman–Crippen MR) is 105 cm³/mol. The van der Waals surface area contributed by atoms with Gasteiger partial charge in [0.1, 0.15) is 11.5 Å². The van der Waals surface area contributed by atoms with Crippen LogP contribution in [0.2, 0.25) is 0 Å². The molecule has 3 rings (SSSR count). The molecule has 146 valence electrons. The monoisotopic (exact) mass is 381 g/mol. The average molecular weight is 381 g/mol. The highest BCUT2D eigenvalue weighted by Gasteiger charge is 2.42. The van der Waals surface area contributed by atoms with Gasteiger partial charge in [-0.25, -0.2) is 4.39 Å². The Labute approximate surface area is 164 Å². The van der Waals surface area contributed by atoms with Crippen LogP contribution in [0.4, 0.5) is 4.39 Å². The molecular formula is C22H24FN3O2. The van der Waals surface area contributed by atoms with E-state index in [4.69, 9.17) is 0 Å². The van der Waals surface area contributed by atoms with Crippen LogP contribution in [0, 0.1) is 5.82 Å². The van der Waals surface area contributed by atoms with Crippen LogP contribution in [0.25, 0.3) is 5.57 Å². The summed E-state index contributed by atoms with van der Waals surface area (Å²) in [4.78, 5) is 33.4. The number of halogens is 1. The number of hydrogen-bond donors (Lipinski definition) is 0. The molecule has 0 saturated heterocycles. The molecule has 2 amide bonds. The van der Waals surface area contributed by atoms with Gasteiger partial charge in [0.15, 0.2) is 0 Å². The Morgan fingerprint density at radius 2 is 1.68 bits per heavy atom. The Hall–Kier alpha value is -3.02. The van der Waals surface area contributed by atoms with Crippen molar-refractivity contribution < 1.29 is 14.0 Å². The zero-order chi connectivity index (χ0) is 20.3. The van der Waals surface area contributed by atoms with Crippen molar-refractivity contribution in [3.05, 3.63) is 71.4 Å². The van der Waals surface area contributed by atoms with E-state index in [1.54, 1.807) is 24.5 Å². The van der Waals surface area contributed by atoms with Crippen LogP contribution in [-0.2, 0) is 16.0 Å². The SMILES string of the molecule is CCN(CCc1ccncc1)C1=C(c2ccc(F)cc2)C(=O)N(C(C)C)C1=O.